The van der Waals surface area contributed by atoms with E-state index in [1.807, 2.05) is 74.5 Å². The summed E-state index contributed by atoms with van der Waals surface area (Å²) in [7, 11) is 0. The molecule has 0 bridgehead atoms. The van der Waals surface area contributed by atoms with Gasteiger partial charge in [-0.1, -0.05) is 74.5 Å². The van der Waals surface area contributed by atoms with E-state index < -0.39 is 23.6 Å². The average molecular weight is 411 g/mol. The van der Waals surface area contributed by atoms with Crippen molar-refractivity contribution in [3.63, 3.8) is 0 Å². The van der Waals surface area contributed by atoms with Crippen LogP contribution in [0.3, 0.4) is 0 Å². The SMILES string of the molecule is CC(C)CC(C=O)NC(=O)C(C)(Cc1ccccc1)NC(=O)OCc1ccccc1. The molecule has 2 amide bonds. The molecule has 2 atom stereocenters. The van der Waals surface area contributed by atoms with E-state index in [0.29, 0.717) is 6.42 Å². The lowest BCUT2D eigenvalue weighted by Crippen LogP contribution is -2.60. The van der Waals surface area contributed by atoms with Gasteiger partial charge in [0.25, 0.3) is 0 Å². The maximum Gasteiger partial charge on any atom is 0.408 e. The Kier molecular flexibility index (Phi) is 8.59. The van der Waals surface area contributed by atoms with Crippen LogP contribution in [0.4, 0.5) is 4.79 Å². The van der Waals surface area contributed by atoms with Crippen molar-refractivity contribution >= 4 is 18.3 Å². The maximum atomic E-state index is 13.1. The van der Waals surface area contributed by atoms with Crippen LogP contribution in [0.5, 0.6) is 0 Å². The Morgan fingerprint density at radius 3 is 2.10 bits per heavy atom. The first kappa shape index (κ1) is 23.1. The van der Waals surface area contributed by atoms with Gasteiger partial charge in [0.15, 0.2) is 0 Å². The molecule has 2 N–H and O–H groups in total. The highest BCUT2D eigenvalue weighted by molar-refractivity contribution is 5.91. The Morgan fingerprint density at radius 2 is 1.57 bits per heavy atom. The van der Waals surface area contributed by atoms with Gasteiger partial charge in [-0.2, -0.15) is 0 Å². The summed E-state index contributed by atoms with van der Waals surface area (Å²) in [4.78, 5) is 37.0. The van der Waals surface area contributed by atoms with Crippen LogP contribution in [-0.2, 0) is 27.4 Å². The van der Waals surface area contributed by atoms with Gasteiger partial charge in [0, 0.05) is 6.42 Å². The molecule has 0 radical (unpaired) electrons. The molecule has 0 aliphatic rings. The van der Waals surface area contributed by atoms with Crippen molar-refractivity contribution < 1.29 is 19.1 Å². The number of amides is 2. The van der Waals surface area contributed by atoms with Crippen molar-refractivity contribution in [1.82, 2.24) is 10.6 Å². The number of ether oxygens (including phenoxy) is 1. The molecule has 2 aromatic rings. The number of hydrogen-bond donors (Lipinski definition) is 2. The van der Waals surface area contributed by atoms with E-state index in [4.69, 9.17) is 4.74 Å². The van der Waals surface area contributed by atoms with Crippen LogP contribution in [0.2, 0.25) is 0 Å². The van der Waals surface area contributed by atoms with E-state index in [0.717, 1.165) is 17.4 Å². The lowest BCUT2D eigenvalue weighted by molar-refractivity contribution is -0.129. The highest BCUT2D eigenvalue weighted by atomic mass is 16.5. The molecule has 30 heavy (non-hydrogen) atoms. The van der Waals surface area contributed by atoms with Gasteiger partial charge in [0.05, 0.1) is 6.04 Å². The molecule has 160 valence electrons. The van der Waals surface area contributed by atoms with E-state index >= 15 is 0 Å². The monoisotopic (exact) mass is 410 g/mol. The Balaban J connectivity index is 2.12. The van der Waals surface area contributed by atoms with Gasteiger partial charge in [0.2, 0.25) is 5.91 Å². The average Bonchev–Trinajstić information content (AvgIpc) is 2.72. The Hall–Kier alpha value is -3.15. The number of carbonyl (C=O) groups excluding carboxylic acids is 3. The summed E-state index contributed by atoms with van der Waals surface area (Å²) >= 11 is 0. The van der Waals surface area contributed by atoms with Gasteiger partial charge in [-0.15, -0.1) is 0 Å². The molecule has 6 heteroatoms. The van der Waals surface area contributed by atoms with E-state index in [1.54, 1.807) is 6.92 Å². The smallest absolute Gasteiger partial charge is 0.408 e. The van der Waals surface area contributed by atoms with E-state index in [-0.39, 0.29) is 18.9 Å². The van der Waals surface area contributed by atoms with Crippen molar-refractivity contribution in [2.24, 2.45) is 5.92 Å². The third kappa shape index (κ3) is 7.35. The standard InChI is InChI=1S/C24H30N2O4/c1-18(2)14-21(16-27)25-22(28)24(3,15-19-10-6-4-7-11-19)26-23(29)30-17-20-12-8-5-9-13-20/h4-13,16,18,21H,14-15,17H2,1-3H3,(H,25,28)(H,26,29). The molecule has 0 fully saturated rings. The van der Waals surface area contributed by atoms with Crippen LogP contribution >= 0.6 is 0 Å². The maximum absolute atomic E-state index is 13.1. The first-order valence-corrected chi connectivity index (χ1v) is 10.1. The highest BCUT2D eigenvalue weighted by Crippen LogP contribution is 2.16. The number of rotatable bonds is 10. The second-order valence-corrected chi connectivity index (χ2v) is 8.03. The van der Waals surface area contributed by atoms with E-state index in [9.17, 15) is 14.4 Å². The zero-order valence-corrected chi connectivity index (χ0v) is 17.8. The van der Waals surface area contributed by atoms with Crippen molar-refractivity contribution in [1.29, 1.82) is 0 Å². The second-order valence-electron chi connectivity index (χ2n) is 8.03. The predicted octanol–water partition coefficient (Wildman–Crippen LogP) is 3.64. The van der Waals surface area contributed by atoms with Crippen LogP contribution in [-0.4, -0.2) is 29.9 Å². The minimum Gasteiger partial charge on any atom is -0.445 e. The van der Waals surface area contributed by atoms with Gasteiger partial charge in [-0.3, -0.25) is 4.79 Å². The number of hydrogen-bond acceptors (Lipinski definition) is 4. The fraction of sp³-hybridized carbons (Fsp3) is 0.375. The van der Waals surface area contributed by atoms with Gasteiger partial charge >= 0.3 is 6.09 Å². The quantitative estimate of drug-likeness (QED) is 0.586. The summed E-state index contributed by atoms with van der Waals surface area (Å²) < 4.78 is 5.31. The van der Waals surface area contributed by atoms with Crippen LogP contribution in [0.25, 0.3) is 0 Å². The number of alkyl carbamates (subject to hydrolysis) is 1. The van der Waals surface area contributed by atoms with Crippen molar-refractivity contribution in [3.8, 4) is 0 Å². The Labute approximate surface area is 178 Å². The van der Waals surface area contributed by atoms with Crippen LogP contribution in [0.15, 0.2) is 60.7 Å². The summed E-state index contributed by atoms with van der Waals surface area (Å²) in [5, 5.41) is 5.47. The molecular weight excluding hydrogens is 380 g/mol. The van der Waals surface area contributed by atoms with Crippen LogP contribution < -0.4 is 10.6 Å². The first-order chi connectivity index (χ1) is 14.3. The zero-order valence-electron chi connectivity index (χ0n) is 17.8. The lowest BCUT2D eigenvalue weighted by atomic mass is 9.91. The number of benzene rings is 2. The van der Waals surface area contributed by atoms with Gasteiger partial charge < -0.3 is 20.2 Å². The van der Waals surface area contributed by atoms with Gasteiger partial charge in [-0.25, -0.2) is 4.79 Å². The van der Waals surface area contributed by atoms with E-state index in [2.05, 4.69) is 10.6 Å². The largest absolute Gasteiger partial charge is 0.445 e. The molecule has 0 aromatic heterocycles. The molecule has 6 nitrogen and oxygen atoms in total. The van der Waals surface area contributed by atoms with Crippen LogP contribution in [0.1, 0.15) is 38.3 Å². The molecule has 0 aliphatic carbocycles. The molecule has 0 heterocycles. The third-order valence-corrected chi connectivity index (χ3v) is 4.70. The summed E-state index contributed by atoms with van der Waals surface area (Å²) in [6.07, 6.45) is 0.816. The minimum absolute atomic E-state index is 0.0972. The first-order valence-electron chi connectivity index (χ1n) is 10.1. The molecular formula is C24H30N2O4. The summed E-state index contributed by atoms with van der Waals surface area (Å²) in [5.74, 6) is -0.189. The molecule has 0 aliphatic heterocycles. The lowest BCUT2D eigenvalue weighted by Gasteiger charge is -2.31. The van der Waals surface area contributed by atoms with Gasteiger partial charge in [-0.05, 0) is 30.4 Å². The number of nitrogens with one attached hydrogen (secondary N) is 2. The van der Waals surface area contributed by atoms with Crippen molar-refractivity contribution in [3.05, 3.63) is 71.8 Å². The predicted molar refractivity (Wildman–Crippen MR) is 116 cm³/mol. The fourth-order valence-corrected chi connectivity index (χ4v) is 3.15. The second kappa shape index (κ2) is 11.1. The molecule has 2 aromatic carbocycles. The van der Waals surface area contributed by atoms with Crippen molar-refractivity contribution in [2.75, 3.05) is 0 Å². The summed E-state index contributed by atoms with van der Waals surface area (Å²) in [5.41, 5.74) is 0.442. The zero-order chi connectivity index (χ0) is 22.0. The highest BCUT2D eigenvalue weighted by Gasteiger charge is 2.37. The van der Waals surface area contributed by atoms with E-state index in [1.165, 1.54) is 0 Å². The topological polar surface area (TPSA) is 84.5 Å². The normalized spacial score (nSPS) is 13.7. The Morgan fingerprint density at radius 1 is 1.00 bits per heavy atom. The minimum atomic E-state index is -1.28. The fourth-order valence-electron chi connectivity index (χ4n) is 3.15. The third-order valence-electron chi connectivity index (χ3n) is 4.70. The van der Waals surface area contributed by atoms with Crippen molar-refractivity contribution in [2.45, 2.75) is 51.8 Å². The molecule has 2 rings (SSSR count). The number of carbonyl (C=O) groups is 3. The van der Waals surface area contributed by atoms with Gasteiger partial charge in [0.1, 0.15) is 18.4 Å². The Bertz CT molecular complexity index is 824. The molecule has 0 spiro atoms. The summed E-state index contributed by atoms with van der Waals surface area (Å²) in [6.45, 7) is 5.69. The molecule has 0 saturated heterocycles. The molecule has 2 unspecified atom stereocenters. The van der Waals surface area contributed by atoms with Crippen LogP contribution in [0, 0.1) is 5.92 Å². The molecule has 0 saturated carbocycles. The summed E-state index contributed by atoms with van der Waals surface area (Å²) in [6, 6.07) is 18.1. The number of aldehydes is 1.